The molecule has 2 amide bonds. The van der Waals surface area contributed by atoms with Crippen molar-refractivity contribution in [1.29, 1.82) is 0 Å². The Bertz CT molecular complexity index is 257. The molecule has 1 aliphatic heterocycles. The van der Waals surface area contributed by atoms with Gasteiger partial charge in [-0.1, -0.05) is 6.92 Å². The maximum atomic E-state index is 11.6. The number of nitrogens with zero attached hydrogens (tertiary/aromatic N) is 1. The van der Waals surface area contributed by atoms with Gasteiger partial charge in [-0.15, -0.1) is 0 Å². The summed E-state index contributed by atoms with van der Waals surface area (Å²) in [6, 6.07) is -1.04. The Hall–Kier alpha value is -1.30. The number of carboxylic acids is 1. The van der Waals surface area contributed by atoms with Crippen LogP contribution in [-0.4, -0.2) is 47.7 Å². The molecule has 2 atom stereocenters. The minimum absolute atomic E-state index is 0.00567. The summed E-state index contributed by atoms with van der Waals surface area (Å²) in [5.74, 6) is -0.936. The van der Waals surface area contributed by atoms with Gasteiger partial charge in [-0.05, 0) is 12.3 Å². The monoisotopic (exact) mass is 215 g/mol. The number of hydrogen-bond acceptors (Lipinski definition) is 3. The number of aliphatic carboxylic acids is 1. The summed E-state index contributed by atoms with van der Waals surface area (Å²) in [7, 11) is 0. The van der Waals surface area contributed by atoms with E-state index in [1.54, 1.807) is 0 Å². The van der Waals surface area contributed by atoms with Crippen molar-refractivity contribution < 1.29 is 14.7 Å². The van der Waals surface area contributed by atoms with E-state index in [4.69, 9.17) is 10.8 Å². The van der Waals surface area contributed by atoms with E-state index in [9.17, 15) is 9.59 Å². The molecule has 1 heterocycles. The number of carbonyl (C=O) groups excluding carboxylic acids is 1. The van der Waals surface area contributed by atoms with E-state index < -0.39 is 12.0 Å². The zero-order valence-electron chi connectivity index (χ0n) is 8.77. The van der Waals surface area contributed by atoms with Crippen molar-refractivity contribution in [3.05, 3.63) is 0 Å². The van der Waals surface area contributed by atoms with Gasteiger partial charge in [-0.2, -0.15) is 0 Å². The van der Waals surface area contributed by atoms with Crippen molar-refractivity contribution in [2.45, 2.75) is 19.4 Å². The van der Waals surface area contributed by atoms with Crippen LogP contribution in [0.3, 0.4) is 0 Å². The molecular weight excluding hydrogens is 198 g/mol. The zero-order chi connectivity index (χ0) is 11.4. The van der Waals surface area contributed by atoms with Crippen LogP contribution in [-0.2, 0) is 4.79 Å². The fourth-order valence-electron chi connectivity index (χ4n) is 1.83. The zero-order valence-corrected chi connectivity index (χ0v) is 8.77. The summed E-state index contributed by atoms with van der Waals surface area (Å²) in [6.07, 6.45) is 0.729. The third-order valence-electron chi connectivity index (χ3n) is 2.63. The van der Waals surface area contributed by atoms with Gasteiger partial charge in [0.15, 0.2) is 0 Å². The van der Waals surface area contributed by atoms with Gasteiger partial charge in [-0.3, -0.25) is 0 Å². The van der Waals surface area contributed by atoms with Gasteiger partial charge in [0, 0.05) is 19.6 Å². The number of amides is 2. The number of hydrogen-bond donors (Lipinski definition) is 3. The summed E-state index contributed by atoms with van der Waals surface area (Å²) >= 11 is 0. The van der Waals surface area contributed by atoms with E-state index in [0.717, 1.165) is 6.42 Å². The van der Waals surface area contributed by atoms with Gasteiger partial charge in [0.2, 0.25) is 0 Å². The number of carbonyl (C=O) groups is 2. The second-order valence-corrected chi connectivity index (χ2v) is 3.76. The van der Waals surface area contributed by atoms with Gasteiger partial charge in [0.1, 0.15) is 6.04 Å². The van der Waals surface area contributed by atoms with E-state index in [2.05, 4.69) is 5.32 Å². The normalized spacial score (nSPS) is 25.3. The summed E-state index contributed by atoms with van der Waals surface area (Å²) in [5.41, 5.74) is 5.25. The van der Waals surface area contributed by atoms with E-state index in [0.29, 0.717) is 19.6 Å². The van der Waals surface area contributed by atoms with E-state index in [-0.39, 0.29) is 11.9 Å². The standard InChI is InChI=1S/C9H17N3O3/c1-6-2-5-12(7(6)8(13)14)9(15)11-4-3-10/h6-7H,2-5,10H2,1H3,(H,11,15)(H,13,14). The smallest absolute Gasteiger partial charge is 0.326 e. The molecule has 15 heavy (non-hydrogen) atoms. The number of carboxylic acid groups (broad SMARTS) is 1. The topological polar surface area (TPSA) is 95.7 Å². The summed E-state index contributed by atoms with van der Waals surface area (Å²) in [4.78, 5) is 23.9. The first-order chi connectivity index (χ1) is 7.07. The number of likely N-dealkylation sites (tertiary alicyclic amines) is 1. The van der Waals surface area contributed by atoms with Crippen molar-refractivity contribution in [3.63, 3.8) is 0 Å². The quantitative estimate of drug-likeness (QED) is 0.588. The Balaban J connectivity index is 2.60. The molecule has 0 aromatic heterocycles. The van der Waals surface area contributed by atoms with E-state index >= 15 is 0 Å². The molecule has 4 N–H and O–H groups in total. The van der Waals surface area contributed by atoms with Crippen molar-refractivity contribution in [1.82, 2.24) is 10.2 Å². The molecule has 6 nitrogen and oxygen atoms in total. The first-order valence-corrected chi connectivity index (χ1v) is 5.05. The van der Waals surface area contributed by atoms with Crippen molar-refractivity contribution in [2.75, 3.05) is 19.6 Å². The minimum atomic E-state index is -0.942. The molecule has 1 saturated heterocycles. The fraction of sp³-hybridized carbons (Fsp3) is 0.778. The molecule has 0 spiro atoms. The second kappa shape index (κ2) is 4.97. The van der Waals surface area contributed by atoms with Crippen LogP contribution in [0.2, 0.25) is 0 Å². The molecule has 1 rings (SSSR count). The third kappa shape index (κ3) is 2.59. The number of nitrogens with one attached hydrogen (secondary N) is 1. The maximum absolute atomic E-state index is 11.6. The molecule has 1 aliphatic rings. The summed E-state index contributed by atoms with van der Waals surface area (Å²) in [6.45, 7) is 3.06. The summed E-state index contributed by atoms with van der Waals surface area (Å²) < 4.78 is 0. The lowest BCUT2D eigenvalue weighted by atomic mass is 10.0. The van der Waals surface area contributed by atoms with Gasteiger partial charge >= 0.3 is 12.0 Å². The van der Waals surface area contributed by atoms with Crippen LogP contribution in [0.1, 0.15) is 13.3 Å². The van der Waals surface area contributed by atoms with Crippen LogP contribution in [0.25, 0.3) is 0 Å². The number of urea groups is 1. The first kappa shape index (κ1) is 11.8. The average Bonchev–Trinajstić information content (AvgIpc) is 2.56. The highest BCUT2D eigenvalue weighted by Gasteiger charge is 2.39. The summed E-state index contributed by atoms with van der Waals surface area (Å²) in [5, 5.41) is 11.6. The van der Waals surface area contributed by atoms with Gasteiger partial charge in [0.05, 0.1) is 0 Å². The molecule has 0 saturated carbocycles. The second-order valence-electron chi connectivity index (χ2n) is 3.76. The average molecular weight is 215 g/mol. The highest BCUT2D eigenvalue weighted by atomic mass is 16.4. The molecule has 6 heteroatoms. The van der Waals surface area contributed by atoms with Crippen LogP contribution in [0.4, 0.5) is 4.79 Å². The van der Waals surface area contributed by atoms with E-state index in [1.807, 2.05) is 6.92 Å². The molecule has 0 radical (unpaired) electrons. The molecule has 0 aromatic carbocycles. The lowest BCUT2D eigenvalue weighted by Crippen LogP contribution is -2.48. The Morgan fingerprint density at radius 1 is 1.60 bits per heavy atom. The predicted molar refractivity (Wildman–Crippen MR) is 54.4 cm³/mol. The van der Waals surface area contributed by atoms with Crippen LogP contribution >= 0.6 is 0 Å². The molecule has 0 aliphatic carbocycles. The molecule has 2 unspecified atom stereocenters. The highest BCUT2D eigenvalue weighted by Crippen LogP contribution is 2.23. The Morgan fingerprint density at radius 3 is 2.80 bits per heavy atom. The largest absolute Gasteiger partial charge is 0.480 e. The van der Waals surface area contributed by atoms with Crippen LogP contribution in [0.15, 0.2) is 0 Å². The predicted octanol–water partition coefficient (Wildman–Crippen LogP) is -0.550. The highest BCUT2D eigenvalue weighted by molar-refractivity contribution is 5.83. The van der Waals surface area contributed by atoms with Crippen molar-refractivity contribution >= 4 is 12.0 Å². The van der Waals surface area contributed by atoms with Crippen LogP contribution in [0, 0.1) is 5.92 Å². The molecule has 0 aromatic rings. The van der Waals surface area contributed by atoms with Crippen LogP contribution in [0.5, 0.6) is 0 Å². The Morgan fingerprint density at radius 2 is 2.27 bits per heavy atom. The molecule has 86 valence electrons. The van der Waals surface area contributed by atoms with Crippen molar-refractivity contribution in [3.8, 4) is 0 Å². The van der Waals surface area contributed by atoms with Crippen LogP contribution < -0.4 is 11.1 Å². The SMILES string of the molecule is CC1CCN(C(=O)NCCN)C1C(=O)O. The Labute approximate surface area is 88.4 Å². The number of rotatable bonds is 3. The molecule has 0 bridgehead atoms. The minimum Gasteiger partial charge on any atom is -0.480 e. The molecule has 1 fully saturated rings. The van der Waals surface area contributed by atoms with E-state index in [1.165, 1.54) is 4.90 Å². The lowest BCUT2D eigenvalue weighted by molar-refractivity contribution is -0.142. The maximum Gasteiger partial charge on any atom is 0.326 e. The van der Waals surface area contributed by atoms with Crippen molar-refractivity contribution in [2.24, 2.45) is 11.7 Å². The lowest BCUT2D eigenvalue weighted by Gasteiger charge is -2.23. The van der Waals surface area contributed by atoms with Gasteiger partial charge in [-0.25, -0.2) is 9.59 Å². The fourth-order valence-corrected chi connectivity index (χ4v) is 1.83. The van der Waals surface area contributed by atoms with Gasteiger partial charge in [0.25, 0.3) is 0 Å². The Kier molecular flexibility index (Phi) is 3.90. The third-order valence-corrected chi connectivity index (χ3v) is 2.63. The number of nitrogens with two attached hydrogens (primary N) is 1. The molecular formula is C9H17N3O3. The first-order valence-electron chi connectivity index (χ1n) is 5.05. The van der Waals surface area contributed by atoms with Gasteiger partial charge < -0.3 is 21.1 Å².